The molecule has 2 aromatic rings. The lowest BCUT2D eigenvalue weighted by molar-refractivity contribution is -0.120. The summed E-state index contributed by atoms with van der Waals surface area (Å²) in [5.41, 5.74) is 1.33. The Bertz CT molecular complexity index is 919. The molecule has 1 aromatic carbocycles. The van der Waals surface area contributed by atoms with Crippen LogP contribution in [0.25, 0.3) is 0 Å². The van der Waals surface area contributed by atoms with Crippen LogP contribution < -0.4 is 16.7 Å². The third-order valence-electron chi connectivity index (χ3n) is 2.77. The van der Waals surface area contributed by atoms with Crippen molar-refractivity contribution in [2.75, 3.05) is 0 Å². The third-order valence-corrected chi connectivity index (χ3v) is 4.41. The quantitative estimate of drug-likeness (QED) is 0.334. The van der Waals surface area contributed by atoms with Gasteiger partial charge in [-0.25, -0.2) is 15.3 Å². The molecule has 12 heteroatoms. The molecule has 1 amide bonds. The molecule has 1 heterocycles. The number of phenolic OH excluding ortho intramolecular Hbond substituents is 1. The first-order valence-corrected chi connectivity index (χ1v) is 8.28. The number of hydrogen-bond donors (Lipinski definition) is 4. The number of H-pyrrole nitrogens is 2. The zero-order valence-corrected chi connectivity index (χ0v) is 14.9. The fourth-order valence-corrected chi connectivity index (χ4v) is 2.81. The molecule has 0 saturated carbocycles. The minimum Gasteiger partial charge on any atom is -0.505 e. The summed E-state index contributed by atoms with van der Waals surface area (Å²) in [5.74, 6) is -0.738. The molecule has 2 rings (SSSR count). The van der Waals surface area contributed by atoms with Crippen molar-refractivity contribution in [3.63, 3.8) is 0 Å². The molecule has 1 unspecified atom stereocenters. The topological polar surface area (TPSA) is 140 Å². The number of aromatic amines is 2. The summed E-state index contributed by atoms with van der Waals surface area (Å²) in [6, 6.07) is 2.83. The van der Waals surface area contributed by atoms with E-state index in [1.807, 2.05) is 4.98 Å². The minimum atomic E-state index is -0.734. The lowest BCUT2D eigenvalue weighted by Crippen LogP contribution is -2.30. The summed E-state index contributed by atoms with van der Waals surface area (Å²) in [4.78, 5) is 36.4. The highest BCUT2D eigenvalue weighted by molar-refractivity contribution is 8.00. The number of halogens is 2. The number of benzene rings is 1. The zero-order chi connectivity index (χ0) is 18.6. The lowest BCUT2D eigenvalue weighted by Gasteiger charge is -2.07. The summed E-state index contributed by atoms with van der Waals surface area (Å²) < 4.78 is 0. The van der Waals surface area contributed by atoms with Crippen LogP contribution in [0.15, 0.2) is 31.8 Å². The van der Waals surface area contributed by atoms with Gasteiger partial charge in [-0.3, -0.25) is 14.6 Å². The number of nitrogens with one attached hydrogen (secondary N) is 3. The van der Waals surface area contributed by atoms with Crippen LogP contribution in [0, 0.1) is 0 Å². The Morgan fingerprint density at radius 1 is 1.40 bits per heavy atom. The Morgan fingerprint density at radius 2 is 2.04 bits per heavy atom. The Labute approximate surface area is 154 Å². The number of aromatic hydroxyl groups is 1. The van der Waals surface area contributed by atoms with Crippen molar-refractivity contribution in [3.05, 3.63) is 48.6 Å². The van der Waals surface area contributed by atoms with E-state index in [1.54, 1.807) is 0 Å². The van der Waals surface area contributed by atoms with Crippen molar-refractivity contribution in [1.82, 2.24) is 20.6 Å². The monoisotopic (exact) mass is 403 g/mol. The van der Waals surface area contributed by atoms with E-state index < -0.39 is 22.4 Å². The normalized spacial score (nSPS) is 12.3. The molecular weight excluding hydrogens is 393 g/mol. The maximum Gasteiger partial charge on any atom is 0.342 e. The predicted octanol–water partition coefficient (Wildman–Crippen LogP) is 1.10. The predicted molar refractivity (Wildman–Crippen MR) is 94.7 cm³/mol. The fourth-order valence-electron chi connectivity index (χ4n) is 1.56. The highest BCUT2D eigenvalue weighted by atomic mass is 35.5. The smallest absolute Gasteiger partial charge is 0.342 e. The number of hydrogen-bond acceptors (Lipinski definition) is 7. The molecule has 0 aliphatic rings. The van der Waals surface area contributed by atoms with Gasteiger partial charge in [0.2, 0.25) is 0 Å². The molecule has 0 aliphatic heterocycles. The molecule has 4 N–H and O–H groups in total. The highest BCUT2D eigenvalue weighted by Gasteiger charge is 2.17. The standard InChI is InChI=1S/C13H11Cl2N5O4S/c1-5(25-12-11(23)17-13(24)20-19-12)10(22)18-16-4-6-2-7(14)9(21)8(15)3-6/h2-5,21H,1H3,(H,18,22)(H2,17,20,23,24)/b16-4+. The van der Waals surface area contributed by atoms with E-state index >= 15 is 0 Å². The number of aromatic nitrogens is 3. The first-order valence-electron chi connectivity index (χ1n) is 6.64. The fraction of sp³-hybridized carbons (Fsp3) is 0.154. The van der Waals surface area contributed by atoms with Crippen LogP contribution in [0.2, 0.25) is 10.0 Å². The number of carbonyl (C=O) groups excluding carboxylic acids is 1. The van der Waals surface area contributed by atoms with E-state index in [2.05, 4.69) is 20.7 Å². The molecule has 0 aliphatic carbocycles. The number of thioether (sulfide) groups is 1. The van der Waals surface area contributed by atoms with Gasteiger partial charge in [0, 0.05) is 0 Å². The van der Waals surface area contributed by atoms with Crippen molar-refractivity contribution >= 4 is 47.1 Å². The highest BCUT2D eigenvalue weighted by Crippen LogP contribution is 2.32. The van der Waals surface area contributed by atoms with Crippen LogP contribution >= 0.6 is 35.0 Å². The number of carbonyl (C=O) groups is 1. The van der Waals surface area contributed by atoms with Gasteiger partial charge in [-0.05, 0) is 24.6 Å². The maximum absolute atomic E-state index is 12.0. The molecule has 0 bridgehead atoms. The van der Waals surface area contributed by atoms with Crippen molar-refractivity contribution in [2.24, 2.45) is 5.10 Å². The Balaban J connectivity index is 1.99. The van der Waals surface area contributed by atoms with E-state index in [0.29, 0.717) is 5.56 Å². The second kappa shape index (κ2) is 8.19. The van der Waals surface area contributed by atoms with Crippen LogP contribution in [-0.4, -0.2) is 37.7 Å². The summed E-state index contributed by atoms with van der Waals surface area (Å²) in [6.45, 7) is 1.54. The van der Waals surface area contributed by atoms with Crippen LogP contribution in [0.1, 0.15) is 12.5 Å². The van der Waals surface area contributed by atoms with Gasteiger partial charge in [-0.1, -0.05) is 35.0 Å². The summed E-state index contributed by atoms with van der Waals surface area (Å²) in [5, 5.41) is 18.2. The van der Waals surface area contributed by atoms with Gasteiger partial charge >= 0.3 is 5.69 Å². The SMILES string of the molecule is CC(Sc1n[nH]c(=O)[nH]c1=O)C(=O)N/N=C/c1cc(Cl)c(O)c(Cl)c1. The van der Waals surface area contributed by atoms with E-state index in [-0.39, 0.29) is 20.8 Å². The second-order valence-corrected chi connectivity index (χ2v) is 6.78. The largest absolute Gasteiger partial charge is 0.505 e. The molecule has 25 heavy (non-hydrogen) atoms. The van der Waals surface area contributed by atoms with Crippen LogP contribution in [0.5, 0.6) is 5.75 Å². The van der Waals surface area contributed by atoms with Gasteiger partial charge in [-0.15, -0.1) is 0 Å². The zero-order valence-electron chi connectivity index (χ0n) is 12.5. The molecule has 1 aromatic heterocycles. The number of hydrazone groups is 1. The number of nitrogens with zero attached hydrogens (tertiary/aromatic N) is 2. The average molecular weight is 404 g/mol. The van der Waals surface area contributed by atoms with Gasteiger partial charge in [-0.2, -0.15) is 10.2 Å². The van der Waals surface area contributed by atoms with Gasteiger partial charge in [0.25, 0.3) is 11.5 Å². The van der Waals surface area contributed by atoms with E-state index in [1.165, 1.54) is 25.3 Å². The third kappa shape index (κ3) is 5.08. The summed E-state index contributed by atoms with van der Waals surface area (Å²) >= 11 is 12.4. The Hall–Kier alpha value is -2.30. The molecule has 0 fully saturated rings. The average Bonchev–Trinajstić information content (AvgIpc) is 2.54. The van der Waals surface area contributed by atoms with Crippen LogP contribution in [-0.2, 0) is 4.79 Å². The molecule has 0 spiro atoms. The van der Waals surface area contributed by atoms with Crippen LogP contribution in [0.4, 0.5) is 0 Å². The molecule has 132 valence electrons. The van der Waals surface area contributed by atoms with Crippen molar-refractivity contribution in [3.8, 4) is 5.75 Å². The maximum atomic E-state index is 12.0. The van der Waals surface area contributed by atoms with E-state index in [9.17, 15) is 19.5 Å². The Kier molecular flexibility index (Phi) is 6.23. The minimum absolute atomic E-state index is 0.0487. The first kappa shape index (κ1) is 19.0. The van der Waals surface area contributed by atoms with Crippen LogP contribution in [0.3, 0.4) is 0 Å². The van der Waals surface area contributed by atoms with Crippen molar-refractivity contribution in [1.29, 1.82) is 0 Å². The van der Waals surface area contributed by atoms with Crippen molar-refractivity contribution in [2.45, 2.75) is 17.2 Å². The summed E-state index contributed by atoms with van der Waals surface area (Å²) in [6.07, 6.45) is 1.29. The number of rotatable bonds is 5. The molecular formula is C13H11Cl2N5O4S. The van der Waals surface area contributed by atoms with E-state index in [0.717, 1.165) is 11.8 Å². The molecule has 0 radical (unpaired) electrons. The Morgan fingerprint density at radius 3 is 2.64 bits per heavy atom. The molecule has 0 saturated heterocycles. The van der Waals surface area contributed by atoms with Gasteiger partial charge < -0.3 is 5.11 Å². The second-order valence-electron chi connectivity index (χ2n) is 4.64. The molecule has 1 atom stereocenters. The van der Waals surface area contributed by atoms with Crippen molar-refractivity contribution < 1.29 is 9.90 Å². The number of phenols is 1. The van der Waals surface area contributed by atoms with Gasteiger partial charge in [0.05, 0.1) is 21.5 Å². The van der Waals surface area contributed by atoms with E-state index in [4.69, 9.17) is 23.2 Å². The lowest BCUT2D eigenvalue weighted by atomic mass is 10.2. The number of amides is 1. The van der Waals surface area contributed by atoms with Gasteiger partial charge in [0.1, 0.15) is 0 Å². The van der Waals surface area contributed by atoms with Gasteiger partial charge in [0.15, 0.2) is 10.8 Å². The first-order chi connectivity index (χ1) is 11.8. The summed E-state index contributed by atoms with van der Waals surface area (Å²) in [7, 11) is 0. The molecule has 9 nitrogen and oxygen atoms in total.